The summed E-state index contributed by atoms with van der Waals surface area (Å²) in [6, 6.07) is 4.50. The number of amides is 1. The Morgan fingerprint density at radius 3 is 2.89 bits per heavy atom. The number of nitrogens with one attached hydrogen (secondary N) is 1. The van der Waals surface area contributed by atoms with Crippen LogP contribution >= 0.6 is 11.8 Å². The van der Waals surface area contributed by atoms with Gasteiger partial charge in [-0.2, -0.15) is 0 Å². The molecule has 1 amide bonds. The lowest BCUT2D eigenvalue weighted by Gasteiger charge is -2.10. The number of aryl methyl sites for hydroxylation is 1. The van der Waals surface area contributed by atoms with E-state index in [0.717, 1.165) is 11.8 Å². The number of rotatable bonds is 6. The zero-order chi connectivity index (χ0) is 19.6. The molecule has 0 unspecified atom stereocenters. The van der Waals surface area contributed by atoms with Gasteiger partial charge in [-0.15, -0.1) is 10.2 Å². The zero-order valence-corrected chi connectivity index (χ0v) is 16.6. The standard InChI is InChI=1S/C17H20FN3O4S2/c1-10-3-4-13(8-14(10)18)19-16(22)11(2)26-17-21-20-15(25-17)7-12-5-6-27(23,24)9-12/h3-4,8,11-12H,5-7,9H2,1-2H3,(H,19,22)/t11-,12-/m1/s1. The summed E-state index contributed by atoms with van der Waals surface area (Å²) in [7, 11) is -2.95. The molecule has 1 aliphatic rings. The van der Waals surface area contributed by atoms with Crippen LogP contribution < -0.4 is 5.32 Å². The van der Waals surface area contributed by atoms with Crippen LogP contribution in [0.5, 0.6) is 0 Å². The number of halogens is 1. The fourth-order valence-corrected chi connectivity index (χ4v) is 5.33. The second kappa shape index (κ2) is 7.97. The van der Waals surface area contributed by atoms with Gasteiger partial charge in [0.05, 0.1) is 16.8 Å². The Kier molecular flexibility index (Phi) is 5.85. The monoisotopic (exact) mass is 413 g/mol. The van der Waals surface area contributed by atoms with Gasteiger partial charge < -0.3 is 9.73 Å². The first-order valence-corrected chi connectivity index (χ1v) is 11.2. The van der Waals surface area contributed by atoms with Crippen LogP contribution in [-0.4, -0.2) is 41.3 Å². The summed E-state index contributed by atoms with van der Waals surface area (Å²) < 4.78 is 42.1. The molecule has 1 fully saturated rings. The maximum Gasteiger partial charge on any atom is 0.277 e. The van der Waals surface area contributed by atoms with Crippen LogP contribution in [-0.2, 0) is 21.1 Å². The Balaban J connectivity index is 1.54. The number of carbonyl (C=O) groups is 1. The first-order chi connectivity index (χ1) is 12.7. The van der Waals surface area contributed by atoms with Gasteiger partial charge in [-0.05, 0) is 43.9 Å². The van der Waals surface area contributed by atoms with E-state index in [1.54, 1.807) is 26.0 Å². The number of benzene rings is 1. The maximum absolute atomic E-state index is 13.6. The Morgan fingerprint density at radius 1 is 1.44 bits per heavy atom. The van der Waals surface area contributed by atoms with Crippen molar-refractivity contribution < 1.29 is 22.0 Å². The lowest BCUT2D eigenvalue weighted by molar-refractivity contribution is -0.115. The lowest BCUT2D eigenvalue weighted by atomic mass is 10.1. The highest BCUT2D eigenvalue weighted by atomic mass is 32.2. The van der Waals surface area contributed by atoms with E-state index in [0.29, 0.717) is 30.0 Å². The summed E-state index contributed by atoms with van der Waals surface area (Å²) in [5.41, 5.74) is 0.882. The molecule has 1 saturated heterocycles. The second-order valence-electron chi connectivity index (χ2n) is 6.65. The third kappa shape index (κ3) is 5.29. The number of sulfone groups is 1. The SMILES string of the molecule is Cc1ccc(NC(=O)[C@@H](C)Sc2nnc(C[C@H]3CCS(=O)(=O)C3)o2)cc1F. The largest absolute Gasteiger partial charge is 0.416 e. The van der Waals surface area contributed by atoms with Crippen LogP contribution in [0.3, 0.4) is 0 Å². The van der Waals surface area contributed by atoms with Gasteiger partial charge >= 0.3 is 0 Å². The average Bonchev–Trinajstić information content (AvgIpc) is 3.17. The number of aromatic nitrogens is 2. The summed E-state index contributed by atoms with van der Waals surface area (Å²) in [5, 5.41) is 10.2. The van der Waals surface area contributed by atoms with E-state index in [9.17, 15) is 17.6 Å². The molecule has 27 heavy (non-hydrogen) atoms. The van der Waals surface area contributed by atoms with Crippen molar-refractivity contribution in [1.29, 1.82) is 0 Å². The van der Waals surface area contributed by atoms with E-state index >= 15 is 0 Å². The van der Waals surface area contributed by atoms with Crippen molar-refractivity contribution in [2.75, 3.05) is 16.8 Å². The molecule has 7 nitrogen and oxygen atoms in total. The van der Waals surface area contributed by atoms with Crippen molar-refractivity contribution in [3.8, 4) is 0 Å². The van der Waals surface area contributed by atoms with Crippen molar-refractivity contribution >= 4 is 33.2 Å². The number of hydrogen-bond acceptors (Lipinski definition) is 7. The van der Waals surface area contributed by atoms with Crippen LogP contribution in [0.25, 0.3) is 0 Å². The number of thioether (sulfide) groups is 1. The van der Waals surface area contributed by atoms with Crippen LogP contribution in [0.2, 0.25) is 0 Å². The first kappa shape index (κ1) is 19.8. The van der Waals surface area contributed by atoms with Crippen molar-refractivity contribution in [3.05, 3.63) is 35.5 Å². The normalized spacial score (nSPS) is 19.7. The highest BCUT2D eigenvalue weighted by Crippen LogP contribution is 2.26. The van der Waals surface area contributed by atoms with E-state index in [1.807, 2.05) is 0 Å². The molecule has 10 heteroatoms. The van der Waals surface area contributed by atoms with Gasteiger partial charge in [0.2, 0.25) is 11.8 Å². The summed E-state index contributed by atoms with van der Waals surface area (Å²) in [5.74, 6) is 0.000280. The smallest absolute Gasteiger partial charge is 0.277 e. The van der Waals surface area contributed by atoms with E-state index in [2.05, 4.69) is 15.5 Å². The Labute approximate surface area is 161 Å². The van der Waals surface area contributed by atoms with Crippen LogP contribution in [0.4, 0.5) is 10.1 Å². The summed E-state index contributed by atoms with van der Waals surface area (Å²) >= 11 is 1.09. The van der Waals surface area contributed by atoms with Gasteiger partial charge in [0.25, 0.3) is 5.22 Å². The molecular formula is C17H20FN3O4S2. The van der Waals surface area contributed by atoms with Gasteiger partial charge in [0.15, 0.2) is 9.84 Å². The topological polar surface area (TPSA) is 102 Å². The number of hydrogen-bond donors (Lipinski definition) is 1. The minimum atomic E-state index is -2.95. The Morgan fingerprint density at radius 2 is 2.22 bits per heavy atom. The quantitative estimate of drug-likeness (QED) is 0.726. The Bertz CT molecular complexity index is 945. The molecule has 0 spiro atoms. The van der Waals surface area contributed by atoms with Gasteiger partial charge in [-0.3, -0.25) is 4.79 Å². The molecule has 0 saturated carbocycles. The molecular weight excluding hydrogens is 393 g/mol. The molecule has 1 aromatic carbocycles. The summed E-state index contributed by atoms with van der Waals surface area (Å²) in [4.78, 5) is 12.3. The molecule has 1 N–H and O–H groups in total. The van der Waals surface area contributed by atoms with Crippen molar-refractivity contribution in [2.45, 2.75) is 37.2 Å². The second-order valence-corrected chi connectivity index (χ2v) is 10.2. The van der Waals surface area contributed by atoms with E-state index < -0.39 is 15.1 Å². The minimum absolute atomic E-state index is 0.00884. The molecule has 1 aliphatic heterocycles. The molecule has 2 heterocycles. The minimum Gasteiger partial charge on any atom is -0.416 e. The van der Waals surface area contributed by atoms with Crippen LogP contribution in [0, 0.1) is 18.7 Å². The lowest BCUT2D eigenvalue weighted by Crippen LogP contribution is -2.22. The number of anilines is 1. The highest BCUT2D eigenvalue weighted by Gasteiger charge is 2.29. The summed E-state index contributed by atoms with van der Waals surface area (Å²) in [6.45, 7) is 3.32. The Hall–Kier alpha value is -1.94. The zero-order valence-electron chi connectivity index (χ0n) is 14.9. The third-order valence-electron chi connectivity index (χ3n) is 4.32. The fraction of sp³-hybridized carbons (Fsp3) is 0.471. The first-order valence-electron chi connectivity index (χ1n) is 8.48. The fourth-order valence-electron chi connectivity index (χ4n) is 2.77. The average molecular weight is 413 g/mol. The molecule has 0 aliphatic carbocycles. The summed E-state index contributed by atoms with van der Waals surface area (Å²) in [6.07, 6.45) is 1.01. The van der Waals surface area contributed by atoms with Crippen LogP contribution in [0.15, 0.2) is 27.8 Å². The van der Waals surface area contributed by atoms with Crippen molar-refractivity contribution in [1.82, 2.24) is 10.2 Å². The van der Waals surface area contributed by atoms with Crippen LogP contribution in [0.1, 0.15) is 24.8 Å². The van der Waals surface area contributed by atoms with Gasteiger partial charge in [0.1, 0.15) is 5.82 Å². The van der Waals surface area contributed by atoms with Gasteiger partial charge in [-0.1, -0.05) is 17.8 Å². The third-order valence-corrected chi connectivity index (χ3v) is 7.10. The van der Waals surface area contributed by atoms with E-state index in [1.165, 1.54) is 6.07 Å². The molecule has 146 valence electrons. The molecule has 2 atom stereocenters. The van der Waals surface area contributed by atoms with E-state index in [-0.39, 0.29) is 34.4 Å². The molecule has 2 aromatic rings. The van der Waals surface area contributed by atoms with Crippen molar-refractivity contribution in [3.63, 3.8) is 0 Å². The van der Waals surface area contributed by atoms with Crippen molar-refractivity contribution in [2.24, 2.45) is 5.92 Å². The predicted molar refractivity (Wildman–Crippen MR) is 99.8 cm³/mol. The predicted octanol–water partition coefficient (Wildman–Crippen LogP) is 2.61. The molecule has 1 aromatic heterocycles. The maximum atomic E-state index is 13.6. The number of nitrogens with zero attached hydrogens (tertiary/aromatic N) is 2. The molecule has 0 bridgehead atoms. The van der Waals surface area contributed by atoms with E-state index in [4.69, 9.17) is 4.42 Å². The van der Waals surface area contributed by atoms with Gasteiger partial charge in [0, 0.05) is 12.1 Å². The van der Waals surface area contributed by atoms with Gasteiger partial charge in [-0.25, -0.2) is 12.8 Å². The highest BCUT2D eigenvalue weighted by molar-refractivity contribution is 8.00. The number of carbonyl (C=O) groups excluding carboxylic acids is 1. The molecule has 3 rings (SSSR count). The molecule has 0 radical (unpaired) electrons.